The molecule has 5 heteroatoms. The molecule has 1 aliphatic heterocycles. The van der Waals surface area contributed by atoms with Crippen molar-refractivity contribution in [2.24, 2.45) is 0 Å². The lowest BCUT2D eigenvalue weighted by molar-refractivity contribution is 0.00758. The minimum Gasteiger partial charge on any atom is -0.444 e. The van der Waals surface area contributed by atoms with E-state index in [0.717, 1.165) is 26.1 Å². The van der Waals surface area contributed by atoms with Crippen molar-refractivity contribution in [3.63, 3.8) is 0 Å². The highest BCUT2D eigenvalue weighted by atomic mass is 16.6. The topological polar surface area (TPSA) is 47.4 Å². The molecule has 0 saturated carbocycles. The molecule has 1 aromatic rings. The maximum Gasteiger partial charge on any atom is 0.410 e. The number of amides is 1. The van der Waals surface area contributed by atoms with Crippen LogP contribution < -0.4 is 0 Å². The second-order valence-electron chi connectivity index (χ2n) is 6.45. The first-order chi connectivity index (χ1) is 9.40. The van der Waals surface area contributed by atoms with Crippen LogP contribution in [0.15, 0.2) is 12.5 Å². The SMILES string of the molecule is CCCCn1cncc1C1CN(C(=O)OC(C)(C)C)C1. The van der Waals surface area contributed by atoms with Crippen LogP contribution in [-0.2, 0) is 11.3 Å². The Morgan fingerprint density at radius 3 is 2.75 bits per heavy atom. The van der Waals surface area contributed by atoms with Gasteiger partial charge in [0, 0.05) is 37.4 Å². The van der Waals surface area contributed by atoms with Gasteiger partial charge in [0.2, 0.25) is 0 Å². The molecule has 1 aromatic heterocycles. The molecule has 2 heterocycles. The summed E-state index contributed by atoms with van der Waals surface area (Å²) in [4.78, 5) is 17.9. The van der Waals surface area contributed by atoms with Crippen LogP contribution in [0.5, 0.6) is 0 Å². The van der Waals surface area contributed by atoms with Gasteiger partial charge >= 0.3 is 6.09 Å². The zero-order valence-corrected chi connectivity index (χ0v) is 12.9. The maximum absolute atomic E-state index is 11.9. The summed E-state index contributed by atoms with van der Waals surface area (Å²) >= 11 is 0. The Kier molecular flexibility index (Phi) is 4.35. The van der Waals surface area contributed by atoms with Crippen LogP contribution in [0.4, 0.5) is 4.79 Å². The number of hydrogen-bond acceptors (Lipinski definition) is 3. The van der Waals surface area contributed by atoms with Crippen LogP contribution in [-0.4, -0.2) is 39.2 Å². The van der Waals surface area contributed by atoms with Crippen molar-refractivity contribution >= 4 is 6.09 Å². The highest BCUT2D eigenvalue weighted by Gasteiger charge is 2.35. The predicted molar refractivity (Wildman–Crippen MR) is 77.7 cm³/mol. The third-order valence-electron chi connectivity index (χ3n) is 3.45. The number of nitrogens with zero attached hydrogens (tertiary/aromatic N) is 3. The Morgan fingerprint density at radius 2 is 2.15 bits per heavy atom. The fourth-order valence-corrected chi connectivity index (χ4v) is 2.33. The largest absolute Gasteiger partial charge is 0.444 e. The Hall–Kier alpha value is -1.52. The molecule has 1 saturated heterocycles. The molecule has 2 rings (SSSR count). The van der Waals surface area contributed by atoms with Crippen LogP contribution >= 0.6 is 0 Å². The fourth-order valence-electron chi connectivity index (χ4n) is 2.33. The highest BCUT2D eigenvalue weighted by Crippen LogP contribution is 2.28. The first-order valence-electron chi connectivity index (χ1n) is 7.38. The van der Waals surface area contributed by atoms with Crippen molar-refractivity contribution in [3.8, 4) is 0 Å². The summed E-state index contributed by atoms with van der Waals surface area (Å²) in [5.41, 5.74) is 0.809. The molecule has 1 fully saturated rings. The number of aryl methyl sites for hydroxylation is 1. The van der Waals surface area contributed by atoms with E-state index < -0.39 is 5.60 Å². The van der Waals surface area contributed by atoms with Gasteiger partial charge in [-0.2, -0.15) is 0 Å². The number of hydrogen-bond donors (Lipinski definition) is 0. The minimum atomic E-state index is -0.426. The number of aromatic nitrogens is 2. The van der Waals surface area contributed by atoms with Crippen molar-refractivity contribution in [2.75, 3.05) is 13.1 Å². The number of unbranched alkanes of at least 4 members (excludes halogenated alkanes) is 1. The molecule has 1 aliphatic rings. The van der Waals surface area contributed by atoms with Gasteiger partial charge in [-0.25, -0.2) is 9.78 Å². The monoisotopic (exact) mass is 279 g/mol. The number of rotatable bonds is 4. The first kappa shape index (κ1) is 14.9. The standard InChI is InChI=1S/C15H25N3O2/c1-5-6-7-17-11-16-8-13(17)12-9-18(10-12)14(19)20-15(2,3)4/h8,11-12H,5-7,9-10H2,1-4H3. The molecule has 20 heavy (non-hydrogen) atoms. The van der Waals surface area contributed by atoms with Crippen molar-refractivity contribution in [3.05, 3.63) is 18.2 Å². The number of carbonyl (C=O) groups excluding carboxylic acids is 1. The molecule has 0 spiro atoms. The van der Waals surface area contributed by atoms with Gasteiger partial charge in [-0.05, 0) is 27.2 Å². The summed E-state index contributed by atoms with van der Waals surface area (Å²) in [5, 5.41) is 0. The second-order valence-corrected chi connectivity index (χ2v) is 6.45. The molecule has 0 aromatic carbocycles. The number of likely N-dealkylation sites (tertiary alicyclic amines) is 1. The molecule has 0 bridgehead atoms. The zero-order chi connectivity index (χ0) is 14.8. The van der Waals surface area contributed by atoms with Gasteiger partial charge in [-0.15, -0.1) is 0 Å². The molecule has 112 valence electrons. The summed E-state index contributed by atoms with van der Waals surface area (Å²) in [6.45, 7) is 10.3. The van der Waals surface area contributed by atoms with Gasteiger partial charge in [0.05, 0.1) is 6.33 Å². The van der Waals surface area contributed by atoms with E-state index in [1.807, 2.05) is 33.3 Å². The van der Waals surface area contributed by atoms with E-state index >= 15 is 0 Å². The van der Waals surface area contributed by atoms with Gasteiger partial charge in [0.15, 0.2) is 0 Å². The lowest BCUT2D eigenvalue weighted by Gasteiger charge is -2.39. The number of carbonyl (C=O) groups is 1. The minimum absolute atomic E-state index is 0.214. The summed E-state index contributed by atoms with van der Waals surface area (Å²) in [6, 6.07) is 0. The van der Waals surface area contributed by atoms with E-state index in [4.69, 9.17) is 4.74 Å². The van der Waals surface area contributed by atoms with Gasteiger partial charge < -0.3 is 14.2 Å². The molecule has 0 radical (unpaired) electrons. The first-order valence-corrected chi connectivity index (χ1v) is 7.38. The lowest BCUT2D eigenvalue weighted by Crippen LogP contribution is -2.50. The summed E-state index contributed by atoms with van der Waals surface area (Å²) in [5.74, 6) is 0.391. The summed E-state index contributed by atoms with van der Waals surface area (Å²) in [6.07, 6.45) is 5.93. The summed E-state index contributed by atoms with van der Waals surface area (Å²) < 4.78 is 7.58. The lowest BCUT2D eigenvalue weighted by atomic mass is 9.97. The van der Waals surface area contributed by atoms with E-state index in [1.54, 1.807) is 4.90 Å². The molecule has 0 atom stereocenters. The van der Waals surface area contributed by atoms with Gasteiger partial charge in [0.1, 0.15) is 5.60 Å². The van der Waals surface area contributed by atoms with Gasteiger partial charge in [-0.3, -0.25) is 0 Å². The van der Waals surface area contributed by atoms with Crippen molar-refractivity contribution in [1.29, 1.82) is 0 Å². The average molecular weight is 279 g/mol. The third-order valence-corrected chi connectivity index (χ3v) is 3.45. The molecular formula is C15H25N3O2. The van der Waals surface area contributed by atoms with E-state index in [1.165, 1.54) is 12.1 Å². The van der Waals surface area contributed by atoms with Crippen molar-refractivity contribution in [2.45, 2.75) is 58.6 Å². The van der Waals surface area contributed by atoms with E-state index in [9.17, 15) is 4.79 Å². The Morgan fingerprint density at radius 1 is 1.45 bits per heavy atom. The Bertz CT molecular complexity index is 456. The van der Waals surface area contributed by atoms with Gasteiger partial charge in [0.25, 0.3) is 0 Å². The number of ether oxygens (including phenoxy) is 1. The zero-order valence-electron chi connectivity index (χ0n) is 12.9. The third kappa shape index (κ3) is 3.52. The maximum atomic E-state index is 11.9. The Balaban J connectivity index is 1.87. The summed E-state index contributed by atoms with van der Waals surface area (Å²) in [7, 11) is 0. The van der Waals surface area contributed by atoms with Crippen LogP contribution in [0.2, 0.25) is 0 Å². The van der Waals surface area contributed by atoms with Crippen LogP contribution in [0.1, 0.15) is 52.1 Å². The molecular weight excluding hydrogens is 254 g/mol. The molecule has 1 amide bonds. The van der Waals surface area contributed by atoms with E-state index in [2.05, 4.69) is 16.5 Å². The van der Waals surface area contributed by atoms with E-state index in [-0.39, 0.29) is 6.09 Å². The molecule has 5 nitrogen and oxygen atoms in total. The highest BCUT2D eigenvalue weighted by molar-refractivity contribution is 5.69. The molecule has 0 aliphatic carbocycles. The van der Waals surface area contributed by atoms with E-state index in [0.29, 0.717) is 5.92 Å². The average Bonchev–Trinajstić information content (AvgIpc) is 2.70. The van der Waals surface area contributed by atoms with Crippen molar-refractivity contribution in [1.82, 2.24) is 14.5 Å². The van der Waals surface area contributed by atoms with Crippen LogP contribution in [0.25, 0.3) is 0 Å². The quantitative estimate of drug-likeness (QED) is 0.851. The van der Waals surface area contributed by atoms with Crippen LogP contribution in [0.3, 0.4) is 0 Å². The van der Waals surface area contributed by atoms with Crippen molar-refractivity contribution < 1.29 is 9.53 Å². The smallest absolute Gasteiger partial charge is 0.410 e. The van der Waals surface area contributed by atoms with Crippen LogP contribution in [0, 0.1) is 0 Å². The second kappa shape index (κ2) is 5.85. The molecule has 0 N–H and O–H groups in total. The number of imidazole rings is 1. The van der Waals surface area contributed by atoms with Gasteiger partial charge in [-0.1, -0.05) is 13.3 Å². The normalized spacial score (nSPS) is 16.1. The Labute approximate surface area is 120 Å². The molecule has 0 unspecified atom stereocenters. The fraction of sp³-hybridized carbons (Fsp3) is 0.733. The predicted octanol–water partition coefficient (Wildman–Crippen LogP) is 3.02.